The summed E-state index contributed by atoms with van der Waals surface area (Å²) < 4.78 is 0. The van der Waals surface area contributed by atoms with E-state index in [2.05, 4.69) is 141 Å². The second-order valence-corrected chi connectivity index (χ2v) is 13.8. The lowest BCUT2D eigenvalue weighted by Crippen LogP contribution is -2.28. The molecule has 42 heavy (non-hydrogen) atoms. The Labute approximate surface area is 257 Å². The van der Waals surface area contributed by atoms with Crippen molar-refractivity contribution in [1.82, 2.24) is 0 Å². The summed E-state index contributed by atoms with van der Waals surface area (Å²) in [6, 6.07) is 0. The molecule has 2 nitrogen and oxygen atoms in total. The van der Waals surface area contributed by atoms with Gasteiger partial charge in [-0.05, 0) is 93.8 Å². The molecule has 2 rings (SSSR count). The Balaban J connectivity index is 1.86. The molecule has 2 heteroatoms. The van der Waals surface area contributed by atoms with Crippen LogP contribution in [0.25, 0.3) is 0 Å². The monoisotopic (exact) mass is 568 g/mol. The van der Waals surface area contributed by atoms with Crippen LogP contribution in [0.2, 0.25) is 0 Å². The third-order valence-corrected chi connectivity index (χ3v) is 8.55. The molecule has 0 spiro atoms. The van der Waals surface area contributed by atoms with Crippen LogP contribution in [-0.2, 0) is 4.79 Å². The number of hydrogen-bond acceptors (Lipinski definition) is 2. The van der Waals surface area contributed by atoms with Crippen LogP contribution < -0.4 is 0 Å². The van der Waals surface area contributed by atoms with Gasteiger partial charge in [-0.15, -0.1) is 0 Å². The van der Waals surface area contributed by atoms with E-state index in [0.717, 1.165) is 31.3 Å². The molecular weight excluding hydrogens is 512 g/mol. The first-order valence-electron chi connectivity index (χ1n) is 15.6. The van der Waals surface area contributed by atoms with Crippen LogP contribution in [0.3, 0.4) is 0 Å². The second-order valence-electron chi connectivity index (χ2n) is 13.8. The zero-order valence-electron chi connectivity index (χ0n) is 28.1. The minimum atomic E-state index is -0.227. The highest BCUT2D eigenvalue weighted by atomic mass is 16.3. The summed E-state index contributed by atoms with van der Waals surface area (Å²) in [7, 11) is 0. The molecule has 2 aliphatic carbocycles. The SMILES string of the molecule is CC1=C(/C=C/C(C)=C/C=C/C(C)=C/C=C/C=C(C)/C=C/CC(C)/C=C/C2=C(C)C(=O)CCC2(C)C)C(C)(C)CC(O)C1. The lowest BCUT2D eigenvalue weighted by molar-refractivity contribution is -0.116. The van der Waals surface area contributed by atoms with Gasteiger partial charge in [0.25, 0.3) is 0 Å². The lowest BCUT2D eigenvalue weighted by atomic mass is 9.71. The molecule has 0 radical (unpaired) electrons. The largest absolute Gasteiger partial charge is 0.393 e. The van der Waals surface area contributed by atoms with Crippen LogP contribution in [0.1, 0.15) is 101 Å². The lowest BCUT2D eigenvalue weighted by Gasteiger charge is -2.35. The molecule has 0 fully saturated rings. The molecule has 228 valence electrons. The molecule has 2 aliphatic rings. The summed E-state index contributed by atoms with van der Waals surface area (Å²) in [4.78, 5) is 12.2. The van der Waals surface area contributed by atoms with Crippen LogP contribution >= 0.6 is 0 Å². The average Bonchev–Trinajstić information content (AvgIpc) is 2.87. The molecule has 0 aromatic heterocycles. The van der Waals surface area contributed by atoms with Crippen molar-refractivity contribution in [3.8, 4) is 0 Å². The van der Waals surface area contributed by atoms with Gasteiger partial charge in [0.2, 0.25) is 0 Å². The number of carbonyl (C=O) groups excluding carboxylic acids is 1. The standard InChI is InChI=1S/C40H56O2/c1-29(17-13-19-31(3)21-23-36-33(5)27-35(41)28-40(36,9)10)15-11-12-16-30(2)18-14-20-32(4)22-24-37-34(6)38(42)25-26-39(37,7)8/h11-19,21-24,32,35,41H,20,25-28H2,1-10H3/b12-11+,17-13+,18-14+,23-21+,24-22+,29-15+,30-16+,31-19+. The maximum absolute atomic E-state index is 12.2. The molecule has 2 unspecified atom stereocenters. The van der Waals surface area contributed by atoms with E-state index in [0.29, 0.717) is 18.1 Å². The fourth-order valence-electron chi connectivity index (χ4n) is 5.89. The summed E-state index contributed by atoms with van der Waals surface area (Å²) in [6.07, 6.45) is 32.0. The first-order chi connectivity index (χ1) is 19.6. The van der Waals surface area contributed by atoms with Crippen LogP contribution in [0.15, 0.2) is 118 Å². The van der Waals surface area contributed by atoms with E-state index < -0.39 is 0 Å². The zero-order chi connectivity index (χ0) is 31.5. The summed E-state index contributed by atoms with van der Waals surface area (Å²) in [6.45, 7) is 21.6. The molecule has 0 saturated heterocycles. The molecule has 0 aromatic carbocycles. The van der Waals surface area contributed by atoms with E-state index in [-0.39, 0.29) is 16.9 Å². The van der Waals surface area contributed by atoms with Crippen molar-refractivity contribution in [2.24, 2.45) is 16.7 Å². The van der Waals surface area contributed by atoms with Crippen LogP contribution in [-0.4, -0.2) is 17.0 Å². The smallest absolute Gasteiger partial charge is 0.158 e. The van der Waals surface area contributed by atoms with Crippen molar-refractivity contribution in [3.63, 3.8) is 0 Å². The molecular formula is C40H56O2. The summed E-state index contributed by atoms with van der Waals surface area (Å²) in [5.74, 6) is 0.708. The van der Waals surface area contributed by atoms with E-state index in [4.69, 9.17) is 0 Å². The normalized spacial score (nSPS) is 23.6. The molecule has 2 atom stereocenters. The van der Waals surface area contributed by atoms with Gasteiger partial charge in [0.05, 0.1) is 6.10 Å². The number of carbonyl (C=O) groups is 1. The number of aliphatic hydroxyl groups excluding tert-OH is 1. The van der Waals surface area contributed by atoms with Crippen LogP contribution in [0.4, 0.5) is 0 Å². The summed E-state index contributed by atoms with van der Waals surface area (Å²) in [5, 5.41) is 10.1. The molecule has 0 saturated carbocycles. The number of rotatable bonds is 11. The number of aliphatic hydroxyl groups is 1. The van der Waals surface area contributed by atoms with E-state index in [1.807, 2.05) is 6.92 Å². The number of ketones is 1. The van der Waals surface area contributed by atoms with Crippen molar-refractivity contribution in [2.75, 3.05) is 0 Å². The van der Waals surface area contributed by atoms with Crippen molar-refractivity contribution in [1.29, 1.82) is 0 Å². The third-order valence-electron chi connectivity index (χ3n) is 8.55. The van der Waals surface area contributed by atoms with Gasteiger partial charge in [-0.25, -0.2) is 0 Å². The topological polar surface area (TPSA) is 37.3 Å². The van der Waals surface area contributed by atoms with E-state index in [9.17, 15) is 9.90 Å². The van der Waals surface area contributed by atoms with Gasteiger partial charge < -0.3 is 5.11 Å². The molecule has 0 aromatic rings. The quantitative estimate of drug-likeness (QED) is 0.252. The van der Waals surface area contributed by atoms with Gasteiger partial charge in [-0.1, -0.05) is 136 Å². The predicted molar refractivity (Wildman–Crippen MR) is 183 cm³/mol. The Morgan fingerprint density at radius 3 is 2.10 bits per heavy atom. The Hall–Kier alpha value is -2.97. The highest BCUT2D eigenvalue weighted by Gasteiger charge is 2.32. The Kier molecular flexibility index (Phi) is 13.4. The first-order valence-corrected chi connectivity index (χ1v) is 15.6. The average molecular weight is 569 g/mol. The molecule has 0 amide bonds. The van der Waals surface area contributed by atoms with Crippen LogP contribution in [0.5, 0.6) is 0 Å². The van der Waals surface area contributed by atoms with Crippen molar-refractivity contribution >= 4 is 5.78 Å². The van der Waals surface area contributed by atoms with Gasteiger partial charge in [0.15, 0.2) is 5.78 Å². The maximum Gasteiger partial charge on any atom is 0.158 e. The van der Waals surface area contributed by atoms with E-state index in [1.165, 1.54) is 33.4 Å². The number of hydrogen-bond donors (Lipinski definition) is 1. The highest BCUT2D eigenvalue weighted by Crippen LogP contribution is 2.41. The number of Topliss-reactive ketones (excluding diaryl/α,β-unsaturated/α-hetero) is 1. The van der Waals surface area contributed by atoms with Gasteiger partial charge in [-0.2, -0.15) is 0 Å². The third kappa shape index (κ3) is 11.4. The summed E-state index contributed by atoms with van der Waals surface area (Å²) in [5.41, 5.74) is 8.45. The Morgan fingerprint density at radius 2 is 1.45 bits per heavy atom. The second kappa shape index (κ2) is 16.0. The highest BCUT2D eigenvalue weighted by molar-refractivity contribution is 5.97. The number of allylic oxidation sites excluding steroid dienone is 19. The minimum absolute atomic E-state index is 0.00524. The van der Waals surface area contributed by atoms with Gasteiger partial charge >= 0.3 is 0 Å². The fraction of sp³-hybridized carbons (Fsp3) is 0.475. The summed E-state index contributed by atoms with van der Waals surface area (Å²) >= 11 is 0. The van der Waals surface area contributed by atoms with Crippen molar-refractivity contribution < 1.29 is 9.90 Å². The zero-order valence-corrected chi connectivity index (χ0v) is 28.1. The fourth-order valence-corrected chi connectivity index (χ4v) is 5.89. The molecule has 0 aliphatic heterocycles. The van der Waals surface area contributed by atoms with Crippen molar-refractivity contribution in [2.45, 2.75) is 107 Å². The molecule has 1 N–H and O–H groups in total. The molecule has 0 heterocycles. The van der Waals surface area contributed by atoms with Gasteiger partial charge in [0, 0.05) is 6.42 Å². The first kappa shape index (κ1) is 35.2. The maximum atomic E-state index is 12.2. The van der Waals surface area contributed by atoms with Gasteiger partial charge in [-0.3, -0.25) is 4.79 Å². The Bertz CT molecular complexity index is 1270. The van der Waals surface area contributed by atoms with E-state index in [1.54, 1.807) is 0 Å². The van der Waals surface area contributed by atoms with Gasteiger partial charge in [0.1, 0.15) is 0 Å². The Morgan fingerprint density at radius 1 is 0.857 bits per heavy atom. The predicted octanol–water partition coefficient (Wildman–Crippen LogP) is 10.8. The van der Waals surface area contributed by atoms with Crippen LogP contribution in [0, 0.1) is 16.7 Å². The molecule has 0 bridgehead atoms. The van der Waals surface area contributed by atoms with Crippen molar-refractivity contribution in [3.05, 3.63) is 118 Å². The van der Waals surface area contributed by atoms with E-state index >= 15 is 0 Å². The minimum Gasteiger partial charge on any atom is -0.393 e.